The van der Waals surface area contributed by atoms with Gasteiger partial charge in [0.2, 0.25) is 0 Å². The van der Waals surface area contributed by atoms with Crippen molar-refractivity contribution in [2.75, 3.05) is 0 Å². The van der Waals surface area contributed by atoms with Crippen molar-refractivity contribution in [3.63, 3.8) is 0 Å². The van der Waals surface area contributed by atoms with Gasteiger partial charge in [-0.1, -0.05) is 29.8 Å². The summed E-state index contributed by atoms with van der Waals surface area (Å²) < 4.78 is 8.76. The molecule has 4 aromatic heterocycles. The SMILES string of the molecule is Cc1cc(C)c2c(n1)sc1c2ncn2nc(-c3cccc(COc4ccc(Cl)cc4C)c3)nc12. The Labute approximate surface area is 204 Å². The molecule has 8 heteroatoms. The van der Waals surface area contributed by atoms with Crippen molar-refractivity contribution in [3.8, 4) is 17.1 Å². The molecule has 0 N–H and O–H groups in total. The zero-order valence-corrected chi connectivity index (χ0v) is 20.4. The van der Waals surface area contributed by atoms with Gasteiger partial charge in [-0.15, -0.1) is 16.4 Å². The number of hydrogen-bond donors (Lipinski definition) is 0. The Morgan fingerprint density at radius 3 is 2.74 bits per heavy atom. The van der Waals surface area contributed by atoms with Crippen LogP contribution in [0.15, 0.2) is 54.9 Å². The van der Waals surface area contributed by atoms with Crippen LogP contribution in [0.5, 0.6) is 5.75 Å². The van der Waals surface area contributed by atoms with Crippen LogP contribution in [-0.2, 0) is 6.61 Å². The lowest BCUT2D eigenvalue weighted by Gasteiger charge is -2.10. The maximum atomic E-state index is 6.05. The predicted octanol–water partition coefficient (Wildman–Crippen LogP) is 6.71. The van der Waals surface area contributed by atoms with Gasteiger partial charge in [-0.2, -0.15) is 0 Å². The molecule has 0 saturated carbocycles. The highest BCUT2D eigenvalue weighted by molar-refractivity contribution is 7.26. The van der Waals surface area contributed by atoms with Gasteiger partial charge >= 0.3 is 0 Å². The summed E-state index contributed by atoms with van der Waals surface area (Å²) in [7, 11) is 0. The summed E-state index contributed by atoms with van der Waals surface area (Å²) in [6, 6.07) is 15.8. The number of pyridine rings is 1. The maximum Gasteiger partial charge on any atom is 0.182 e. The Balaban J connectivity index is 1.37. The zero-order valence-electron chi connectivity index (χ0n) is 18.8. The summed E-state index contributed by atoms with van der Waals surface area (Å²) in [4.78, 5) is 15.3. The number of benzene rings is 2. The normalized spacial score (nSPS) is 11.6. The molecule has 0 aliphatic heterocycles. The molecule has 0 amide bonds. The molecule has 6 aromatic rings. The van der Waals surface area contributed by atoms with E-state index in [0.717, 1.165) is 54.2 Å². The summed E-state index contributed by atoms with van der Waals surface area (Å²) in [6.45, 7) is 6.54. The molecule has 0 spiro atoms. The number of hydrogen-bond acceptors (Lipinski definition) is 6. The Bertz CT molecular complexity index is 1720. The third-order valence-electron chi connectivity index (χ3n) is 5.81. The minimum absolute atomic E-state index is 0.441. The lowest BCUT2D eigenvalue weighted by Crippen LogP contribution is -1.97. The molecule has 6 rings (SSSR count). The van der Waals surface area contributed by atoms with Crippen LogP contribution in [0.1, 0.15) is 22.4 Å². The minimum atomic E-state index is 0.441. The van der Waals surface area contributed by atoms with Crippen molar-refractivity contribution in [3.05, 3.63) is 82.3 Å². The monoisotopic (exact) mass is 485 g/mol. The van der Waals surface area contributed by atoms with Gasteiger partial charge < -0.3 is 4.74 Å². The number of rotatable bonds is 4. The topological polar surface area (TPSA) is 65.2 Å². The van der Waals surface area contributed by atoms with E-state index in [4.69, 9.17) is 36.4 Å². The molecule has 6 nitrogen and oxygen atoms in total. The van der Waals surface area contributed by atoms with E-state index >= 15 is 0 Å². The van der Waals surface area contributed by atoms with Crippen LogP contribution < -0.4 is 4.74 Å². The molecule has 0 aliphatic carbocycles. The quantitative estimate of drug-likeness (QED) is 0.277. The minimum Gasteiger partial charge on any atom is -0.489 e. The summed E-state index contributed by atoms with van der Waals surface area (Å²) in [5.74, 6) is 1.47. The van der Waals surface area contributed by atoms with E-state index in [2.05, 4.69) is 19.1 Å². The fraction of sp³-hybridized carbons (Fsp3) is 0.154. The van der Waals surface area contributed by atoms with Crippen molar-refractivity contribution in [1.82, 2.24) is 24.6 Å². The first-order valence-corrected chi connectivity index (χ1v) is 12.1. The third-order valence-corrected chi connectivity index (χ3v) is 7.11. The second-order valence-corrected chi connectivity index (χ2v) is 9.82. The highest BCUT2D eigenvalue weighted by atomic mass is 35.5. The molecule has 0 bridgehead atoms. The summed E-state index contributed by atoms with van der Waals surface area (Å²) in [5.41, 5.74) is 6.86. The van der Waals surface area contributed by atoms with Crippen molar-refractivity contribution >= 4 is 49.0 Å². The van der Waals surface area contributed by atoms with E-state index in [1.165, 1.54) is 5.56 Å². The van der Waals surface area contributed by atoms with Gasteiger partial charge in [0, 0.05) is 21.7 Å². The van der Waals surface area contributed by atoms with Crippen LogP contribution in [0.3, 0.4) is 0 Å². The molecule has 34 heavy (non-hydrogen) atoms. The zero-order chi connectivity index (χ0) is 23.4. The van der Waals surface area contributed by atoms with Crippen molar-refractivity contribution in [1.29, 1.82) is 0 Å². The number of ether oxygens (including phenoxy) is 1. The molecule has 0 fully saturated rings. The fourth-order valence-corrected chi connectivity index (χ4v) is 5.68. The van der Waals surface area contributed by atoms with Crippen LogP contribution in [0.4, 0.5) is 0 Å². The average molecular weight is 486 g/mol. The largest absolute Gasteiger partial charge is 0.489 e. The average Bonchev–Trinajstić information content (AvgIpc) is 3.40. The molecule has 0 radical (unpaired) electrons. The number of fused-ring (bicyclic) bond motifs is 5. The molecule has 0 atom stereocenters. The highest BCUT2D eigenvalue weighted by Gasteiger charge is 2.17. The maximum absolute atomic E-state index is 6.05. The van der Waals surface area contributed by atoms with E-state index in [0.29, 0.717) is 17.5 Å². The van der Waals surface area contributed by atoms with Crippen LogP contribution in [-0.4, -0.2) is 24.6 Å². The van der Waals surface area contributed by atoms with Crippen molar-refractivity contribution in [2.24, 2.45) is 0 Å². The van der Waals surface area contributed by atoms with Crippen molar-refractivity contribution in [2.45, 2.75) is 27.4 Å². The van der Waals surface area contributed by atoms with Crippen LogP contribution in [0.25, 0.3) is 37.5 Å². The number of thiophene rings is 1. The number of aryl methyl sites for hydroxylation is 3. The molecule has 0 unspecified atom stereocenters. The van der Waals surface area contributed by atoms with Gasteiger partial charge in [0.05, 0.1) is 5.52 Å². The van der Waals surface area contributed by atoms with E-state index in [1.54, 1.807) is 22.2 Å². The molecule has 0 aliphatic rings. The van der Waals surface area contributed by atoms with Gasteiger partial charge in [-0.05, 0) is 67.8 Å². The molecule has 2 aromatic carbocycles. The Hall–Kier alpha value is -3.55. The molecule has 4 heterocycles. The molecular formula is C26H20ClN5OS. The fourth-order valence-electron chi connectivity index (χ4n) is 4.23. The first kappa shape index (κ1) is 21.0. The molecule has 168 valence electrons. The van der Waals surface area contributed by atoms with Gasteiger partial charge in [0.25, 0.3) is 0 Å². The lowest BCUT2D eigenvalue weighted by atomic mass is 10.1. The van der Waals surface area contributed by atoms with E-state index in [9.17, 15) is 0 Å². The molecular weight excluding hydrogens is 466 g/mol. The van der Waals surface area contributed by atoms with E-state index < -0.39 is 0 Å². The summed E-state index contributed by atoms with van der Waals surface area (Å²) in [5, 5.41) is 6.49. The van der Waals surface area contributed by atoms with Crippen LogP contribution in [0, 0.1) is 20.8 Å². The number of nitrogens with zero attached hydrogens (tertiary/aromatic N) is 5. The van der Waals surface area contributed by atoms with Crippen molar-refractivity contribution < 1.29 is 4.74 Å². The Kier molecular flexibility index (Phi) is 4.97. The number of halogens is 1. The van der Waals surface area contributed by atoms with Crippen LogP contribution in [0.2, 0.25) is 5.02 Å². The highest BCUT2D eigenvalue weighted by Crippen LogP contribution is 2.36. The Morgan fingerprint density at radius 2 is 1.88 bits per heavy atom. The van der Waals surface area contributed by atoms with Gasteiger partial charge in [0.1, 0.15) is 28.2 Å². The van der Waals surface area contributed by atoms with Gasteiger partial charge in [-0.3, -0.25) is 0 Å². The first-order chi connectivity index (χ1) is 16.5. The van der Waals surface area contributed by atoms with E-state index in [-0.39, 0.29) is 0 Å². The van der Waals surface area contributed by atoms with Gasteiger partial charge in [0.15, 0.2) is 11.5 Å². The first-order valence-electron chi connectivity index (χ1n) is 10.9. The second-order valence-electron chi connectivity index (χ2n) is 8.39. The predicted molar refractivity (Wildman–Crippen MR) is 137 cm³/mol. The second kappa shape index (κ2) is 8.04. The molecule has 0 saturated heterocycles. The number of aromatic nitrogens is 5. The van der Waals surface area contributed by atoms with Gasteiger partial charge in [-0.25, -0.2) is 19.5 Å². The summed E-state index contributed by atoms with van der Waals surface area (Å²) in [6.07, 6.45) is 1.73. The van der Waals surface area contributed by atoms with E-state index in [1.807, 2.05) is 50.2 Å². The standard InChI is InChI=1S/C26H20ClN5OS/c1-14-10-19(27)7-8-20(14)33-12-17-5-4-6-18(11-17)24-30-25-23-22(28-13-32(25)31-24)21-15(2)9-16(3)29-26(21)34-23/h4-11,13H,12H2,1-3H3. The van der Waals surface area contributed by atoms with Crippen LogP contribution >= 0.6 is 22.9 Å². The summed E-state index contributed by atoms with van der Waals surface area (Å²) >= 11 is 7.66. The third kappa shape index (κ3) is 3.57. The Morgan fingerprint density at radius 1 is 1.00 bits per heavy atom. The lowest BCUT2D eigenvalue weighted by molar-refractivity contribution is 0.304. The smallest absolute Gasteiger partial charge is 0.182 e.